The molecule has 1 aliphatic rings. The van der Waals surface area contributed by atoms with Crippen molar-refractivity contribution < 1.29 is 9.53 Å². The zero-order valence-electron chi connectivity index (χ0n) is 17.5. The number of hydrogen-bond donors (Lipinski definition) is 1. The maximum Gasteiger partial charge on any atom is 0.340 e. The maximum absolute atomic E-state index is 12.6. The van der Waals surface area contributed by atoms with Crippen LogP contribution >= 0.6 is 0 Å². The summed E-state index contributed by atoms with van der Waals surface area (Å²) < 4.78 is 5.66. The first-order valence-corrected chi connectivity index (χ1v) is 10.3. The van der Waals surface area contributed by atoms with Gasteiger partial charge in [0.05, 0.1) is 34.5 Å². The summed E-state index contributed by atoms with van der Waals surface area (Å²) in [5.74, 6) is -0.329. The minimum atomic E-state index is -0.329. The molecule has 7 heteroatoms. The standard InChI is InChI=1S/C24H23N5O2/c1-15-4-3-5-21(28-15)23-22(26-14-27-23)16-6-7-20-17(10-16)11-18(12-25-20)24(30)31-19-8-9-29(2)13-19/h3-7,10-12,14,19H,8-9,13H2,1-2H3,(H,26,27)/t19-/m0/s1. The number of imidazole rings is 1. The molecule has 3 aromatic heterocycles. The van der Waals surface area contributed by atoms with Crippen molar-refractivity contribution in [3.8, 4) is 22.6 Å². The Bertz CT molecular complexity index is 1270. The van der Waals surface area contributed by atoms with Crippen molar-refractivity contribution in [2.45, 2.75) is 19.4 Å². The van der Waals surface area contributed by atoms with Crippen molar-refractivity contribution in [2.75, 3.05) is 20.1 Å². The smallest absolute Gasteiger partial charge is 0.340 e. The Balaban J connectivity index is 1.47. The van der Waals surface area contributed by atoms with Gasteiger partial charge >= 0.3 is 5.97 Å². The summed E-state index contributed by atoms with van der Waals surface area (Å²) in [6, 6.07) is 13.7. The summed E-state index contributed by atoms with van der Waals surface area (Å²) in [5.41, 5.74) is 5.64. The van der Waals surface area contributed by atoms with E-state index in [9.17, 15) is 4.79 Å². The molecule has 0 aliphatic carbocycles. The van der Waals surface area contributed by atoms with Gasteiger partial charge in [0.1, 0.15) is 6.10 Å². The van der Waals surface area contributed by atoms with E-state index in [0.29, 0.717) is 5.56 Å². The van der Waals surface area contributed by atoms with E-state index in [1.54, 1.807) is 12.5 Å². The van der Waals surface area contributed by atoms with Gasteiger partial charge in [0.15, 0.2) is 0 Å². The molecule has 5 rings (SSSR count). The van der Waals surface area contributed by atoms with E-state index in [-0.39, 0.29) is 12.1 Å². The van der Waals surface area contributed by atoms with E-state index in [4.69, 9.17) is 4.74 Å². The Morgan fingerprint density at radius 2 is 2.10 bits per heavy atom. The molecule has 1 aromatic carbocycles. The largest absolute Gasteiger partial charge is 0.457 e. The number of nitrogens with one attached hydrogen (secondary N) is 1. The van der Waals surface area contributed by atoms with Crippen LogP contribution in [-0.4, -0.2) is 57.0 Å². The number of likely N-dealkylation sites (N-methyl/N-ethyl adjacent to an activating group) is 1. The number of H-pyrrole nitrogens is 1. The lowest BCUT2D eigenvalue weighted by atomic mass is 10.0. The van der Waals surface area contributed by atoms with Crippen molar-refractivity contribution in [3.63, 3.8) is 0 Å². The highest BCUT2D eigenvalue weighted by molar-refractivity contribution is 5.95. The molecule has 1 aliphatic heterocycles. The van der Waals surface area contributed by atoms with Crippen molar-refractivity contribution in [1.82, 2.24) is 24.8 Å². The Labute approximate surface area is 180 Å². The van der Waals surface area contributed by atoms with Crippen molar-refractivity contribution in [3.05, 3.63) is 66.2 Å². The van der Waals surface area contributed by atoms with Crippen molar-refractivity contribution in [1.29, 1.82) is 0 Å². The van der Waals surface area contributed by atoms with Crippen LogP contribution in [0.15, 0.2) is 55.0 Å². The number of pyridine rings is 2. The highest BCUT2D eigenvalue weighted by atomic mass is 16.5. The van der Waals surface area contributed by atoms with E-state index in [1.165, 1.54) is 0 Å². The number of aromatic amines is 1. The van der Waals surface area contributed by atoms with Crippen LogP contribution in [0, 0.1) is 6.92 Å². The lowest BCUT2D eigenvalue weighted by Gasteiger charge is -2.12. The molecule has 1 fully saturated rings. The second kappa shape index (κ2) is 7.92. The lowest BCUT2D eigenvalue weighted by Crippen LogP contribution is -2.22. The van der Waals surface area contributed by atoms with Crippen LogP contribution < -0.4 is 0 Å². The molecule has 4 aromatic rings. The number of benzene rings is 1. The van der Waals surface area contributed by atoms with Crippen molar-refractivity contribution >= 4 is 16.9 Å². The quantitative estimate of drug-likeness (QED) is 0.512. The molecule has 0 unspecified atom stereocenters. The summed E-state index contributed by atoms with van der Waals surface area (Å²) in [7, 11) is 2.03. The Hall–Kier alpha value is -3.58. The number of aryl methyl sites for hydroxylation is 1. The van der Waals surface area contributed by atoms with E-state index >= 15 is 0 Å². The molecule has 156 valence electrons. The van der Waals surface area contributed by atoms with E-state index in [1.807, 2.05) is 56.4 Å². The van der Waals surface area contributed by atoms with Gasteiger partial charge in [-0.15, -0.1) is 0 Å². The third kappa shape index (κ3) is 3.92. The first-order valence-electron chi connectivity index (χ1n) is 10.3. The van der Waals surface area contributed by atoms with Crippen LogP contribution in [-0.2, 0) is 4.74 Å². The van der Waals surface area contributed by atoms with Gasteiger partial charge < -0.3 is 14.6 Å². The molecule has 0 amide bonds. The fourth-order valence-electron chi connectivity index (χ4n) is 3.99. The number of aromatic nitrogens is 4. The third-order valence-corrected chi connectivity index (χ3v) is 5.60. The fourth-order valence-corrected chi connectivity index (χ4v) is 3.99. The second-order valence-electron chi connectivity index (χ2n) is 8.00. The van der Waals surface area contributed by atoms with Crippen LogP contribution in [0.4, 0.5) is 0 Å². The fraction of sp³-hybridized carbons (Fsp3) is 0.250. The summed E-state index contributed by atoms with van der Waals surface area (Å²) in [6.07, 6.45) is 4.05. The van der Waals surface area contributed by atoms with Gasteiger partial charge in [-0.05, 0) is 50.7 Å². The summed E-state index contributed by atoms with van der Waals surface area (Å²) >= 11 is 0. The molecule has 7 nitrogen and oxygen atoms in total. The van der Waals surface area contributed by atoms with Crippen LogP contribution in [0.1, 0.15) is 22.5 Å². The summed E-state index contributed by atoms with van der Waals surface area (Å²) in [4.78, 5) is 31.6. The molecule has 1 N–H and O–H groups in total. The minimum absolute atomic E-state index is 0.0621. The average Bonchev–Trinajstić information content (AvgIpc) is 3.42. The first kappa shape index (κ1) is 19.4. The Morgan fingerprint density at radius 1 is 1.19 bits per heavy atom. The van der Waals surface area contributed by atoms with Gasteiger partial charge in [-0.3, -0.25) is 9.97 Å². The lowest BCUT2D eigenvalue weighted by molar-refractivity contribution is 0.0327. The van der Waals surface area contributed by atoms with Crippen LogP contribution in [0.2, 0.25) is 0 Å². The number of esters is 1. The summed E-state index contributed by atoms with van der Waals surface area (Å²) in [5, 5.41) is 0.863. The number of carbonyl (C=O) groups is 1. The molecule has 4 heterocycles. The average molecular weight is 413 g/mol. The number of likely N-dealkylation sites (tertiary alicyclic amines) is 1. The minimum Gasteiger partial charge on any atom is -0.457 e. The summed E-state index contributed by atoms with van der Waals surface area (Å²) in [6.45, 7) is 3.68. The molecule has 1 saturated heterocycles. The highest BCUT2D eigenvalue weighted by Crippen LogP contribution is 2.30. The molecular formula is C24H23N5O2. The van der Waals surface area contributed by atoms with Gasteiger partial charge in [0.25, 0.3) is 0 Å². The zero-order valence-corrected chi connectivity index (χ0v) is 17.5. The molecule has 0 saturated carbocycles. The van der Waals surface area contributed by atoms with E-state index < -0.39 is 0 Å². The number of carbonyl (C=O) groups excluding carboxylic acids is 1. The number of fused-ring (bicyclic) bond motifs is 1. The van der Waals surface area contributed by atoms with E-state index in [2.05, 4.69) is 24.8 Å². The SMILES string of the molecule is Cc1cccc(-c2[nH]cnc2-c2ccc3ncc(C(=O)O[C@H]4CCN(C)C4)cc3c2)n1. The number of rotatable bonds is 4. The van der Waals surface area contributed by atoms with Gasteiger partial charge in [0.2, 0.25) is 0 Å². The predicted molar refractivity (Wildman–Crippen MR) is 119 cm³/mol. The number of nitrogens with zero attached hydrogens (tertiary/aromatic N) is 4. The van der Waals surface area contributed by atoms with Gasteiger partial charge in [-0.25, -0.2) is 9.78 Å². The molecule has 0 bridgehead atoms. The van der Waals surface area contributed by atoms with Gasteiger partial charge in [-0.2, -0.15) is 0 Å². The molecule has 0 radical (unpaired) electrons. The van der Waals surface area contributed by atoms with Crippen LogP contribution in [0.5, 0.6) is 0 Å². The highest BCUT2D eigenvalue weighted by Gasteiger charge is 2.24. The maximum atomic E-state index is 12.6. The predicted octanol–water partition coefficient (Wildman–Crippen LogP) is 3.86. The zero-order chi connectivity index (χ0) is 21.4. The van der Waals surface area contributed by atoms with Crippen LogP contribution in [0.25, 0.3) is 33.5 Å². The Kier molecular flexibility index (Phi) is 4.95. The third-order valence-electron chi connectivity index (χ3n) is 5.60. The first-order chi connectivity index (χ1) is 15.1. The van der Waals surface area contributed by atoms with Crippen LogP contribution in [0.3, 0.4) is 0 Å². The van der Waals surface area contributed by atoms with E-state index in [0.717, 1.165) is 58.8 Å². The van der Waals surface area contributed by atoms with Gasteiger partial charge in [0, 0.05) is 35.9 Å². The van der Waals surface area contributed by atoms with Crippen molar-refractivity contribution in [2.24, 2.45) is 0 Å². The molecular weight excluding hydrogens is 390 g/mol. The molecule has 31 heavy (non-hydrogen) atoms. The molecule has 1 atom stereocenters. The normalized spacial score (nSPS) is 16.6. The number of hydrogen-bond acceptors (Lipinski definition) is 6. The monoisotopic (exact) mass is 413 g/mol. The Morgan fingerprint density at radius 3 is 2.90 bits per heavy atom. The topological polar surface area (TPSA) is 84.0 Å². The molecule has 0 spiro atoms. The number of ether oxygens (including phenoxy) is 1. The van der Waals surface area contributed by atoms with Gasteiger partial charge in [-0.1, -0.05) is 12.1 Å². The second-order valence-corrected chi connectivity index (χ2v) is 8.00.